The molecule has 0 amide bonds. The van der Waals surface area contributed by atoms with Crippen LogP contribution in [0.15, 0.2) is 0 Å². The van der Waals surface area contributed by atoms with E-state index in [1.165, 1.54) is 0 Å². The largest absolute Gasteiger partial charge is 2.00 e. The van der Waals surface area contributed by atoms with Gasteiger partial charge in [0.2, 0.25) is 0 Å². The van der Waals surface area contributed by atoms with Gasteiger partial charge in [-0.15, -0.1) is 0 Å². The Morgan fingerprint density at radius 3 is 1.16 bits per heavy atom. The van der Waals surface area contributed by atoms with E-state index >= 15 is 0 Å². The summed E-state index contributed by atoms with van der Waals surface area (Å²) in [5.74, 6) is 0. The summed E-state index contributed by atoms with van der Waals surface area (Å²) in [6.45, 7) is 8.49. The van der Waals surface area contributed by atoms with E-state index in [-0.39, 0.29) is 17.1 Å². The first-order valence-electron chi connectivity index (χ1n) is 6.07. The number of nitrogens with zero attached hydrogens (tertiary/aromatic N) is 2. The van der Waals surface area contributed by atoms with Crippen molar-refractivity contribution in [2.24, 2.45) is 0 Å². The van der Waals surface area contributed by atoms with Crippen molar-refractivity contribution in [2.45, 2.75) is 0 Å². The molecule has 4 nitrogen and oxygen atoms in total. The van der Waals surface area contributed by atoms with Crippen LogP contribution in [0.1, 0.15) is 0 Å². The van der Waals surface area contributed by atoms with Crippen LogP contribution in [0.3, 0.4) is 0 Å². The molecule has 0 bridgehead atoms. The summed E-state index contributed by atoms with van der Waals surface area (Å²) < 4.78 is 6.26. The van der Waals surface area contributed by atoms with E-state index in [1.807, 2.05) is 0 Å². The van der Waals surface area contributed by atoms with Crippen molar-refractivity contribution in [1.29, 1.82) is 0 Å². The molecule has 2 rings (SSSR count). The molecule has 2 N–H and O–H groups in total. The van der Waals surface area contributed by atoms with Crippen LogP contribution in [0.4, 0.5) is 0 Å². The molecule has 2 aliphatic heterocycles. The Labute approximate surface area is 148 Å². The Bertz CT molecular complexity index is 279. The zero-order valence-electron chi connectivity index (χ0n) is 10.7. The van der Waals surface area contributed by atoms with Crippen molar-refractivity contribution in [2.75, 3.05) is 52.4 Å². The third-order valence-electron chi connectivity index (χ3n) is 2.83. The molecule has 0 aliphatic carbocycles. The van der Waals surface area contributed by atoms with E-state index in [2.05, 4.69) is 70.3 Å². The Balaban J connectivity index is 0.000000324. The Hall–Kier alpha value is 1.18. The predicted molar refractivity (Wildman–Crippen MR) is 94.0 cm³/mol. The van der Waals surface area contributed by atoms with Gasteiger partial charge in [0.15, 0.2) is 26.2 Å². The van der Waals surface area contributed by atoms with E-state index in [0.717, 1.165) is 61.1 Å². The molecular formula is C10H24CuN4S4+6. The first-order valence-corrected chi connectivity index (χ1v) is 7.97. The van der Waals surface area contributed by atoms with Crippen LogP contribution < -0.4 is 10.6 Å². The van der Waals surface area contributed by atoms with Crippen LogP contribution in [0.25, 0.3) is 0 Å². The molecule has 0 saturated carbocycles. The van der Waals surface area contributed by atoms with Crippen molar-refractivity contribution >= 4 is 59.3 Å². The maximum Gasteiger partial charge on any atom is 2.00 e. The zero-order chi connectivity index (χ0) is 13.4. The maximum absolute atomic E-state index is 4.17. The van der Waals surface area contributed by atoms with Gasteiger partial charge in [0, 0.05) is 0 Å². The first kappa shape index (κ1) is 20.2. The van der Waals surface area contributed by atoms with E-state index in [1.54, 1.807) is 0 Å². The molecule has 0 aromatic heterocycles. The average Bonchev–Trinajstić information content (AvgIpc) is 2.41. The molecule has 9 heteroatoms. The minimum Gasteiger partial charge on any atom is -0.305 e. The van der Waals surface area contributed by atoms with E-state index in [9.17, 15) is 0 Å². The van der Waals surface area contributed by atoms with Crippen molar-refractivity contribution in [3.63, 3.8) is 0 Å². The SMILES string of the molecule is SC([SH2+])=[N+]1CCNCC1.SC([SH2+])=[N+]1CCNCC1.[Cu+2]. The van der Waals surface area contributed by atoms with Crippen molar-refractivity contribution < 1.29 is 26.2 Å². The summed E-state index contributed by atoms with van der Waals surface area (Å²) in [6, 6.07) is 0. The van der Waals surface area contributed by atoms with Gasteiger partial charge in [-0.2, -0.15) is 9.15 Å². The number of hydrogen-bond donors (Lipinski definition) is 4. The minimum atomic E-state index is 0. The molecule has 2 saturated heterocycles. The fraction of sp³-hybridized carbons (Fsp3) is 0.800. The van der Waals surface area contributed by atoms with Gasteiger partial charge >= 0.3 is 25.8 Å². The second-order valence-electron chi connectivity index (χ2n) is 4.12. The van der Waals surface area contributed by atoms with Crippen molar-refractivity contribution in [3.8, 4) is 0 Å². The maximum atomic E-state index is 4.17. The molecule has 0 atom stereocenters. The number of thiol groups is 2. The normalized spacial score (nSPS) is 18.9. The van der Waals surface area contributed by atoms with Gasteiger partial charge in [0.05, 0.1) is 51.4 Å². The monoisotopic (exact) mass is 391 g/mol. The average molecular weight is 392 g/mol. The van der Waals surface area contributed by atoms with Crippen LogP contribution in [0.2, 0.25) is 0 Å². The Morgan fingerprint density at radius 2 is 1.00 bits per heavy atom. The second kappa shape index (κ2) is 11.8. The molecule has 0 unspecified atom stereocenters. The number of nitrogens with one attached hydrogen (secondary N) is 2. The third kappa shape index (κ3) is 8.93. The first-order chi connectivity index (χ1) is 8.61. The molecule has 0 aromatic carbocycles. The van der Waals surface area contributed by atoms with Gasteiger partial charge in [-0.1, -0.05) is 0 Å². The molecule has 0 aromatic rings. The molecule has 2 heterocycles. The van der Waals surface area contributed by atoms with Gasteiger partial charge in [-0.3, -0.25) is 0 Å². The summed E-state index contributed by atoms with van der Waals surface area (Å²) in [7, 11) is 0. The molecule has 1 radical (unpaired) electrons. The van der Waals surface area contributed by atoms with Gasteiger partial charge in [0.25, 0.3) is 0 Å². The van der Waals surface area contributed by atoms with Crippen LogP contribution in [0, 0.1) is 0 Å². The Kier molecular flexibility index (Phi) is 12.5. The van der Waals surface area contributed by atoms with Crippen LogP contribution in [-0.2, 0) is 42.3 Å². The summed E-state index contributed by atoms with van der Waals surface area (Å²) in [6.07, 6.45) is 0. The van der Waals surface area contributed by atoms with Gasteiger partial charge in [-0.05, 0) is 25.3 Å². The minimum absolute atomic E-state index is 0. The summed E-state index contributed by atoms with van der Waals surface area (Å²) >= 11 is 15.1. The molecule has 19 heavy (non-hydrogen) atoms. The van der Waals surface area contributed by atoms with Crippen molar-refractivity contribution in [3.05, 3.63) is 0 Å². The number of hydrogen-bond acceptors (Lipinski definition) is 2. The standard InChI is InChI=1S/2C5H10N2S2.Cu/c2*8-5(9)7-3-1-6-2-4-7;/h2*6H,1-4H2,(H,8,9);/q;;+2/p+4. The predicted octanol–water partition coefficient (Wildman–Crippen LogP) is -2.20. The molecule has 2 fully saturated rings. The van der Waals surface area contributed by atoms with Gasteiger partial charge in [0.1, 0.15) is 0 Å². The van der Waals surface area contributed by atoms with Crippen LogP contribution in [-0.4, -0.2) is 70.3 Å². The van der Waals surface area contributed by atoms with E-state index in [4.69, 9.17) is 0 Å². The van der Waals surface area contributed by atoms with E-state index < -0.39 is 0 Å². The number of rotatable bonds is 0. The Morgan fingerprint density at radius 1 is 0.737 bits per heavy atom. The summed E-state index contributed by atoms with van der Waals surface area (Å²) in [4.78, 5) is 0. The topological polar surface area (TPSA) is 30.1 Å². The molecule has 0 spiro atoms. The van der Waals surface area contributed by atoms with E-state index in [0.29, 0.717) is 0 Å². The number of piperazine rings is 2. The summed E-state index contributed by atoms with van der Waals surface area (Å²) in [5.41, 5.74) is 0. The van der Waals surface area contributed by atoms with Gasteiger partial charge < -0.3 is 10.6 Å². The molecular weight excluding hydrogens is 368 g/mol. The van der Waals surface area contributed by atoms with Crippen LogP contribution in [0.5, 0.6) is 0 Å². The third-order valence-corrected chi connectivity index (χ3v) is 4.03. The summed E-state index contributed by atoms with van der Waals surface area (Å²) in [5, 5.41) is 6.52. The smallest absolute Gasteiger partial charge is 0.305 e. The zero-order valence-corrected chi connectivity index (χ0v) is 15.5. The van der Waals surface area contributed by atoms with Crippen molar-refractivity contribution in [1.82, 2.24) is 10.6 Å². The second-order valence-corrected chi connectivity index (χ2v) is 6.76. The quantitative estimate of drug-likeness (QED) is 0.124. The fourth-order valence-corrected chi connectivity index (χ4v) is 2.60. The van der Waals surface area contributed by atoms with Crippen LogP contribution >= 0.6 is 25.3 Å². The molecule has 2 aliphatic rings. The van der Waals surface area contributed by atoms with Gasteiger partial charge in [-0.25, -0.2) is 0 Å². The molecule has 113 valence electrons. The fourth-order valence-electron chi connectivity index (χ4n) is 1.75.